The van der Waals surface area contributed by atoms with Crippen LogP contribution in [-0.4, -0.2) is 51.5 Å². The highest BCUT2D eigenvalue weighted by atomic mass is 35.5. The third-order valence-corrected chi connectivity index (χ3v) is 2.75. The molecule has 0 saturated carbocycles. The molecule has 2 heterocycles. The van der Waals surface area contributed by atoms with E-state index < -0.39 is 0 Å². The van der Waals surface area contributed by atoms with Gasteiger partial charge in [-0.05, 0) is 6.92 Å². The molecule has 1 aromatic heterocycles. The molecule has 0 spiro atoms. The number of hydrogen-bond acceptors (Lipinski definition) is 4. The van der Waals surface area contributed by atoms with Gasteiger partial charge in [0.2, 0.25) is 5.91 Å². The van der Waals surface area contributed by atoms with E-state index in [0.717, 1.165) is 19.6 Å². The van der Waals surface area contributed by atoms with E-state index in [1.54, 1.807) is 17.1 Å². The Labute approximate surface area is 107 Å². The lowest BCUT2D eigenvalue weighted by molar-refractivity contribution is -0.132. The van der Waals surface area contributed by atoms with Crippen molar-refractivity contribution < 1.29 is 4.79 Å². The van der Waals surface area contributed by atoms with Gasteiger partial charge in [-0.2, -0.15) is 0 Å². The third kappa shape index (κ3) is 3.98. The molecule has 1 amide bonds. The van der Waals surface area contributed by atoms with E-state index in [1.165, 1.54) is 0 Å². The first-order chi connectivity index (χ1) is 7.75. The maximum atomic E-state index is 11.9. The standard InChI is InChI=1S/C10H17N5O.ClH/c1-9-8-14(6-3-11-9)10(16)2-5-15-7-4-12-13-15;/h4,7,9,11H,2-3,5-6,8H2,1H3;1H/t9-;/m1./s1. The summed E-state index contributed by atoms with van der Waals surface area (Å²) < 4.78 is 1.68. The Kier molecular flexibility index (Phi) is 5.37. The minimum absolute atomic E-state index is 0. The van der Waals surface area contributed by atoms with E-state index in [9.17, 15) is 4.79 Å². The SMILES string of the molecule is C[C@@H]1CN(C(=O)CCn2ccnn2)CCN1.Cl. The zero-order valence-corrected chi connectivity index (χ0v) is 10.7. The molecule has 0 aromatic carbocycles. The number of rotatable bonds is 3. The molecule has 1 aliphatic rings. The Hall–Kier alpha value is -1.14. The minimum Gasteiger partial charge on any atom is -0.340 e. The zero-order chi connectivity index (χ0) is 11.4. The summed E-state index contributed by atoms with van der Waals surface area (Å²) in [5.74, 6) is 0.198. The Morgan fingerprint density at radius 3 is 3.06 bits per heavy atom. The zero-order valence-electron chi connectivity index (χ0n) is 9.87. The van der Waals surface area contributed by atoms with Crippen LogP contribution in [0.3, 0.4) is 0 Å². The average molecular weight is 260 g/mol. The molecule has 1 saturated heterocycles. The monoisotopic (exact) mass is 259 g/mol. The van der Waals surface area contributed by atoms with Gasteiger partial charge in [0.25, 0.3) is 0 Å². The number of piperazine rings is 1. The second-order valence-electron chi connectivity index (χ2n) is 4.11. The van der Waals surface area contributed by atoms with Crippen LogP contribution in [0.5, 0.6) is 0 Å². The fourth-order valence-electron chi connectivity index (χ4n) is 1.88. The first-order valence-corrected chi connectivity index (χ1v) is 5.61. The molecule has 17 heavy (non-hydrogen) atoms. The van der Waals surface area contributed by atoms with E-state index in [4.69, 9.17) is 0 Å². The van der Waals surface area contributed by atoms with Crippen LogP contribution < -0.4 is 5.32 Å². The van der Waals surface area contributed by atoms with Crippen molar-refractivity contribution in [3.05, 3.63) is 12.4 Å². The largest absolute Gasteiger partial charge is 0.340 e. The number of carbonyl (C=O) groups is 1. The van der Waals surface area contributed by atoms with Crippen LogP contribution in [0.4, 0.5) is 0 Å². The number of aromatic nitrogens is 3. The quantitative estimate of drug-likeness (QED) is 0.824. The fraction of sp³-hybridized carbons (Fsp3) is 0.700. The minimum atomic E-state index is 0. The van der Waals surface area contributed by atoms with Crippen molar-refractivity contribution in [1.29, 1.82) is 0 Å². The van der Waals surface area contributed by atoms with Gasteiger partial charge in [-0.3, -0.25) is 9.48 Å². The van der Waals surface area contributed by atoms with E-state index >= 15 is 0 Å². The smallest absolute Gasteiger partial charge is 0.224 e. The van der Waals surface area contributed by atoms with Crippen LogP contribution in [0.2, 0.25) is 0 Å². The lowest BCUT2D eigenvalue weighted by atomic mass is 10.2. The summed E-state index contributed by atoms with van der Waals surface area (Å²) in [7, 11) is 0. The van der Waals surface area contributed by atoms with Crippen LogP contribution >= 0.6 is 12.4 Å². The van der Waals surface area contributed by atoms with Gasteiger partial charge in [0.1, 0.15) is 0 Å². The van der Waals surface area contributed by atoms with Crippen molar-refractivity contribution in [3.63, 3.8) is 0 Å². The maximum absolute atomic E-state index is 11.9. The number of hydrogen-bond donors (Lipinski definition) is 1. The highest BCUT2D eigenvalue weighted by Crippen LogP contribution is 2.02. The summed E-state index contributed by atoms with van der Waals surface area (Å²) in [6.45, 7) is 5.20. The molecule has 1 aromatic rings. The van der Waals surface area contributed by atoms with Crippen molar-refractivity contribution in [2.75, 3.05) is 19.6 Å². The van der Waals surface area contributed by atoms with E-state index in [0.29, 0.717) is 19.0 Å². The second-order valence-corrected chi connectivity index (χ2v) is 4.11. The van der Waals surface area contributed by atoms with E-state index in [1.807, 2.05) is 4.90 Å². The molecule has 96 valence electrons. The fourth-order valence-corrected chi connectivity index (χ4v) is 1.88. The van der Waals surface area contributed by atoms with Crippen molar-refractivity contribution in [3.8, 4) is 0 Å². The summed E-state index contributed by atoms with van der Waals surface area (Å²) in [6.07, 6.45) is 3.89. The third-order valence-electron chi connectivity index (χ3n) is 2.75. The van der Waals surface area contributed by atoms with Crippen LogP contribution in [0.25, 0.3) is 0 Å². The Bertz CT molecular complexity index is 342. The maximum Gasteiger partial charge on any atom is 0.224 e. The Balaban J connectivity index is 0.00000144. The lowest BCUT2D eigenvalue weighted by Crippen LogP contribution is -2.51. The van der Waals surface area contributed by atoms with Gasteiger partial charge >= 0.3 is 0 Å². The summed E-state index contributed by atoms with van der Waals surface area (Å²) in [4.78, 5) is 13.8. The second kappa shape index (κ2) is 6.56. The van der Waals surface area contributed by atoms with Gasteiger partial charge in [0, 0.05) is 38.3 Å². The van der Waals surface area contributed by atoms with Gasteiger partial charge in [0.05, 0.1) is 12.7 Å². The molecule has 1 aliphatic heterocycles. The predicted octanol–water partition coefficient (Wildman–Crippen LogP) is -0.0897. The van der Waals surface area contributed by atoms with E-state index in [-0.39, 0.29) is 18.3 Å². The number of amides is 1. The van der Waals surface area contributed by atoms with Crippen molar-refractivity contribution >= 4 is 18.3 Å². The first-order valence-electron chi connectivity index (χ1n) is 5.61. The molecule has 6 nitrogen and oxygen atoms in total. The van der Waals surface area contributed by atoms with E-state index in [2.05, 4.69) is 22.6 Å². The van der Waals surface area contributed by atoms with Crippen molar-refractivity contribution in [1.82, 2.24) is 25.2 Å². The molecule has 0 radical (unpaired) electrons. The van der Waals surface area contributed by atoms with Gasteiger partial charge < -0.3 is 10.2 Å². The molecule has 1 N–H and O–H groups in total. The van der Waals surface area contributed by atoms with Gasteiger partial charge in [-0.15, -0.1) is 17.5 Å². The molecule has 0 unspecified atom stereocenters. The van der Waals surface area contributed by atoms with Crippen LogP contribution in [0.1, 0.15) is 13.3 Å². The summed E-state index contributed by atoms with van der Waals surface area (Å²) in [5.41, 5.74) is 0. The number of halogens is 1. The lowest BCUT2D eigenvalue weighted by Gasteiger charge is -2.31. The first kappa shape index (κ1) is 13.9. The van der Waals surface area contributed by atoms with Crippen molar-refractivity contribution in [2.24, 2.45) is 0 Å². The van der Waals surface area contributed by atoms with Crippen LogP contribution in [0.15, 0.2) is 12.4 Å². The molecule has 1 atom stereocenters. The average Bonchev–Trinajstić information content (AvgIpc) is 2.78. The molecule has 0 aliphatic carbocycles. The van der Waals surface area contributed by atoms with Gasteiger partial charge in [-0.1, -0.05) is 5.21 Å². The molecule has 0 bridgehead atoms. The highest BCUT2D eigenvalue weighted by molar-refractivity contribution is 5.85. The predicted molar refractivity (Wildman–Crippen MR) is 65.9 cm³/mol. The normalized spacial score (nSPS) is 19.8. The van der Waals surface area contributed by atoms with Crippen LogP contribution in [-0.2, 0) is 11.3 Å². The molecular formula is C10H18ClN5O. The van der Waals surface area contributed by atoms with Crippen LogP contribution in [0, 0.1) is 0 Å². The summed E-state index contributed by atoms with van der Waals surface area (Å²) >= 11 is 0. The number of carbonyl (C=O) groups excluding carboxylic acids is 1. The topological polar surface area (TPSA) is 63.1 Å². The number of nitrogens with zero attached hydrogens (tertiary/aromatic N) is 4. The van der Waals surface area contributed by atoms with Gasteiger partial charge in [0.15, 0.2) is 0 Å². The summed E-state index contributed by atoms with van der Waals surface area (Å²) in [5, 5.41) is 10.8. The van der Waals surface area contributed by atoms with Gasteiger partial charge in [-0.25, -0.2) is 0 Å². The Morgan fingerprint density at radius 2 is 2.41 bits per heavy atom. The Morgan fingerprint density at radius 1 is 1.59 bits per heavy atom. The number of aryl methyl sites for hydroxylation is 1. The molecule has 1 fully saturated rings. The summed E-state index contributed by atoms with van der Waals surface area (Å²) in [6, 6.07) is 0.393. The van der Waals surface area contributed by atoms with Crippen molar-refractivity contribution in [2.45, 2.75) is 25.9 Å². The highest BCUT2D eigenvalue weighted by Gasteiger charge is 2.19. The molecule has 2 rings (SSSR count). The molecular weight excluding hydrogens is 242 g/mol. The molecule has 7 heteroatoms. The number of nitrogens with one attached hydrogen (secondary N) is 1.